The van der Waals surface area contributed by atoms with Gasteiger partial charge in [-0.1, -0.05) is 0 Å². The Labute approximate surface area is 172 Å². The van der Waals surface area contributed by atoms with E-state index in [9.17, 15) is 9.59 Å². The average Bonchev–Trinajstić information content (AvgIpc) is 2.69. The lowest BCUT2D eigenvalue weighted by Crippen LogP contribution is -2.51. The molecule has 1 heterocycles. The molecule has 29 heavy (non-hydrogen) atoms. The molecule has 1 aliphatic heterocycles. The topological polar surface area (TPSA) is 89.1 Å². The van der Waals surface area contributed by atoms with Gasteiger partial charge in [0.05, 0.1) is 26.9 Å². The number of carbonyl (C=O) groups is 2. The Morgan fingerprint density at radius 3 is 2.17 bits per heavy atom. The molecule has 162 valence electrons. The Morgan fingerprint density at radius 2 is 1.66 bits per heavy atom. The molecule has 1 aliphatic rings. The zero-order valence-electron chi connectivity index (χ0n) is 18.3. The van der Waals surface area contributed by atoms with Gasteiger partial charge in [-0.25, -0.2) is 4.79 Å². The molecule has 0 spiro atoms. The summed E-state index contributed by atoms with van der Waals surface area (Å²) in [5, 5.41) is 5.97. The van der Waals surface area contributed by atoms with Crippen LogP contribution in [-0.2, 0) is 0 Å². The molecule has 0 atom stereocenters. The van der Waals surface area contributed by atoms with E-state index in [1.807, 2.05) is 25.7 Å². The Hall–Kier alpha value is -2.64. The Kier molecular flexibility index (Phi) is 7.59. The molecule has 1 aromatic rings. The number of hydrogen-bond acceptors (Lipinski definition) is 5. The second kappa shape index (κ2) is 9.71. The second-order valence-electron chi connectivity index (χ2n) is 8.20. The van der Waals surface area contributed by atoms with Crippen LogP contribution in [0.1, 0.15) is 44.0 Å². The van der Waals surface area contributed by atoms with E-state index < -0.39 is 0 Å². The van der Waals surface area contributed by atoms with Crippen LogP contribution < -0.4 is 24.8 Å². The largest absolute Gasteiger partial charge is 0.493 e. The van der Waals surface area contributed by atoms with Gasteiger partial charge in [-0.15, -0.1) is 0 Å². The summed E-state index contributed by atoms with van der Waals surface area (Å²) >= 11 is 0. The number of hydrogen-bond donors (Lipinski definition) is 2. The summed E-state index contributed by atoms with van der Waals surface area (Å²) in [4.78, 5) is 26.8. The Balaban J connectivity index is 1.92. The van der Waals surface area contributed by atoms with Crippen LogP contribution in [0.15, 0.2) is 12.1 Å². The van der Waals surface area contributed by atoms with Crippen molar-refractivity contribution in [3.63, 3.8) is 0 Å². The summed E-state index contributed by atoms with van der Waals surface area (Å²) < 4.78 is 16.0. The van der Waals surface area contributed by atoms with Crippen molar-refractivity contribution in [3.05, 3.63) is 17.7 Å². The molecule has 0 aromatic heterocycles. The first-order chi connectivity index (χ1) is 13.7. The third kappa shape index (κ3) is 5.92. The van der Waals surface area contributed by atoms with Crippen molar-refractivity contribution < 1.29 is 23.8 Å². The quantitative estimate of drug-likeness (QED) is 0.757. The fraction of sp³-hybridized carbons (Fsp3) is 0.619. The standard InChI is InChI=1S/C21H33N3O5/c1-21(2,3)23-20(26)24-11-9-14(10-12-24)13-22-19(25)15-7-8-16(27-4)18(29-6)17(15)28-5/h7-8,14H,9-13H2,1-6H3,(H,22,25)(H,23,26). The Bertz CT molecular complexity index is 722. The molecule has 2 N–H and O–H groups in total. The predicted octanol–water partition coefficient (Wildman–Crippen LogP) is 2.66. The van der Waals surface area contributed by atoms with Crippen molar-refractivity contribution in [1.29, 1.82) is 0 Å². The van der Waals surface area contributed by atoms with E-state index in [1.165, 1.54) is 21.3 Å². The minimum Gasteiger partial charge on any atom is -0.493 e. The fourth-order valence-electron chi connectivity index (χ4n) is 3.35. The maximum atomic E-state index is 12.7. The minimum absolute atomic E-state index is 0.0324. The van der Waals surface area contributed by atoms with E-state index >= 15 is 0 Å². The van der Waals surface area contributed by atoms with Crippen molar-refractivity contribution >= 4 is 11.9 Å². The van der Waals surface area contributed by atoms with Gasteiger partial charge in [-0.05, 0) is 51.7 Å². The molecule has 0 unspecified atom stereocenters. The van der Waals surface area contributed by atoms with E-state index in [0.29, 0.717) is 48.4 Å². The molecule has 1 saturated heterocycles. The number of likely N-dealkylation sites (tertiary alicyclic amines) is 1. The maximum absolute atomic E-state index is 12.7. The molecule has 0 aliphatic carbocycles. The van der Waals surface area contributed by atoms with Gasteiger partial charge in [0.15, 0.2) is 11.5 Å². The van der Waals surface area contributed by atoms with Crippen molar-refractivity contribution in [1.82, 2.24) is 15.5 Å². The molecule has 0 saturated carbocycles. The summed E-state index contributed by atoms with van der Waals surface area (Å²) in [5.41, 5.74) is 0.146. The molecule has 3 amide bonds. The number of nitrogens with zero attached hydrogens (tertiary/aromatic N) is 1. The molecule has 8 heteroatoms. The van der Waals surface area contributed by atoms with Gasteiger partial charge in [0.1, 0.15) is 0 Å². The molecular formula is C21H33N3O5. The zero-order valence-corrected chi connectivity index (χ0v) is 18.3. The number of amides is 3. The predicted molar refractivity (Wildman–Crippen MR) is 111 cm³/mol. The first-order valence-corrected chi connectivity index (χ1v) is 9.84. The van der Waals surface area contributed by atoms with Gasteiger partial charge >= 0.3 is 6.03 Å². The lowest BCUT2D eigenvalue weighted by atomic mass is 9.96. The first-order valence-electron chi connectivity index (χ1n) is 9.84. The van der Waals surface area contributed by atoms with Crippen LogP contribution in [0.3, 0.4) is 0 Å². The average molecular weight is 408 g/mol. The van der Waals surface area contributed by atoms with Gasteiger partial charge in [0, 0.05) is 25.2 Å². The van der Waals surface area contributed by atoms with Gasteiger partial charge in [0.25, 0.3) is 5.91 Å². The van der Waals surface area contributed by atoms with Crippen molar-refractivity contribution in [3.8, 4) is 17.2 Å². The van der Waals surface area contributed by atoms with E-state index in [-0.39, 0.29) is 17.5 Å². The number of urea groups is 1. The summed E-state index contributed by atoms with van der Waals surface area (Å²) in [6, 6.07) is 3.31. The van der Waals surface area contributed by atoms with E-state index in [0.717, 1.165) is 12.8 Å². The molecular weight excluding hydrogens is 374 g/mol. The second-order valence-corrected chi connectivity index (χ2v) is 8.20. The van der Waals surface area contributed by atoms with Crippen molar-refractivity contribution in [2.75, 3.05) is 41.0 Å². The van der Waals surface area contributed by atoms with Crippen LogP contribution in [0.5, 0.6) is 17.2 Å². The van der Waals surface area contributed by atoms with Crippen LogP contribution in [0, 0.1) is 5.92 Å². The zero-order chi connectivity index (χ0) is 21.6. The fourth-order valence-corrected chi connectivity index (χ4v) is 3.35. The van der Waals surface area contributed by atoms with Gasteiger partial charge in [0.2, 0.25) is 5.75 Å². The third-order valence-corrected chi connectivity index (χ3v) is 4.88. The number of benzene rings is 1. The smallest absolute Gasteiger partial charge is 0.317 e. The van der Waals surface area contributed by atoms with Crippen LogP contribution in [0.2, 0.25) is 0 Å². The summed E-state index contributed by atoms with van der Waals surface area (Å²) in [6.45, 7) is 7.82. The molecule has 1 aromatic carbocycles. The molecule has 8 nitrogen and oxygen atoms in total. The van der Waals surface area contributed by atoms with Gasteiger partial charge in [-0.3, -0.25) is 4.79 Å². The van der Waals surface area contributed by atoms with Crippen LogP contribution >= 0.6 is 0 Å². The van der Waals surface area contributed by atoms with Gasteiger partial charge < -0.3 is 29.7 Å². The van der Waals surface area contributed by atoms with Crippen LogP contribution in [0.25, 0.3) is 0 Å². The minimum atomic E-state index is -0.250. The number of rotatable bonds is 6. The number of carbonyl (C=O) groups excluding carboxylic acids is 2. The molecule has 2 rings (SSSR count). The lowest BCUT2D eigenvalue weighted by Gasteiger charge is -2.34. The van der Waals surface area contributed by atoms with E-state index in [2.05, 4.69) is 10.6 Å². The molecule has 1 fully saturated rings. The van der Waals surface area contributed by atoms with Crippen LogP contribution in [0.4, 0.5) is 4.79 Å². The SMILES string of the molecule is COc1ccc(C(=O)NCC2CCN(C(=O)NC(C)(C)C)CC2)c(OC)c1OC. The summed E-state index contributed by atoms with van der Waals surface area (Å²) in [6.07, 6.45) is 1.70. The van der Waals surface area contributed by atoms with E-state index in [1.54, 1.807) is 12.1 Å². The highest BCUT2D eigenvalue weighted by Gasteiger charge is 2.26. The van der Waals surface area contributed by atoms with Crippen LogP contribution in [-0.4, -0.2) is 63.3 Å². The number of ether oxygens (including phenoxy) is 3. The van der Waals surface area contributed by atoms with Crippen molar-refractivity contribution in [2.24, 2.45) is 5.92 Å². The lowest BCUT2D eigenvalue weighted by molar-refractivity contribution is 0.0933. The maximum Gasteiger partial charge on any atom is 0.317 e. The molecule has 0 radical (unpaired) electrons. The first kappa shape index (κ1) is 22.6. The molecule has 0 bridgehead atoms. The number of nitrogens with one attached hydrogen (secondary N) is 2. The van der Waals surface area contributed by atoms with Crippen molar-refractivity contribution in [2.45, 2.75) is 39.2 Å². The monoisotopic (exact) mass is 407 g/mol. The summed E-state index contributed by atoms with van der Waals surface area (Å²) in [7, 11) is 4.53. The Morgan fingerprint density at radius 1 is 1.03 bits per heavy atom. The highest BCUT2D eigenvalue weighted by Crippen LogP contribution is 2.39. The normalized spacial score (nSPS) is 14.9. The van der Waals surface area contributed by atoms with Gasteiger partial charge in [-0.2, -0.15) is 0 Å². The van der Waals surface area contributed by atoms with E-state index in [4.69, 9.17) is 14.2 Å². The highest BCUT2D eigenvalue weighted by atomic mass is 16.5. The highest BCUT2D eigenvalue weighted by molar-refractivity contribution is 5.98. The number of methoxy groups -OCH3 is 3. The number of piperidine rings is 1. The third-order valence-electron chi connectivity index (χ3n) is 4.88. The summed E-state index contributed by atoms with van der Waals surface area (Å²) in [5.74, 6) is 1.33.